The zero-order valence-corrected chi connectivity index (χ0v) is 11.4. The summed E-state index contributed by atoms with van der Waals surface area (Å²) in [6, 6.07) is 9.30. The molecule has 0 aliphatic carbocycles. The highest BCUT2D eigenvalue weighted by Crippen LogP contribution is 2.34. The maximum Gasteiger partial charge on any atom is 0.419 e. The number of alkyl halides is 3. The van der Waals surface area contributed by atoms with E-state index in [-0.39, 0.29) is 10.7 Å². The van der Waals surface area contributed by atoms with Crippen LogP contribution in [-0.2, 0) is 6.18 Å². The molecule has 0 atom stereocenters. The summed E-state index contributed by atoms with van der Waals surface area (Å²) in [4.78, 5) is 0. The SMILES string of the molecule is NC(=S)Nc1ccc(-c2ccc(F)c(C(F)(F)F)c2)cc1. The Bertz CT molecular complexity index is 666. The van der Waals surface area contributed by atoms with Gasteiger partial charge in [0.2, 0.25) is 0 Å². The number of hydrogen-bond donors (Lipinski definition) is 2. The molecule has 2 rings (SSSR count). The number of halogens is 4. The van der Waals surface area contributed by atoms with E-state index in [2.05, 4.69) is 17.5 Å². The summed E-state index contributed by atoms with van der Waals surface area (Å²) in [6.07, 6.45) is -4.73. The first-order valence-corrected chi connectivity index (χ1v) is 6.22. The van der Waals surface area contributed by atoms with Crippen molar-refractivity contribution in [3.63, 3.8) is 0 Å². The van der Waals surface area contributed by atoms with Crippen LogP contribution in [0.15, 0.2) is 42.5 Å². The van der Waals surface area contributed by atoms with Crippen LogP contribution in [0.3, 0.4) is 0 Å². The Morgan fingerprint density at radius 1 is 1.00 bits per heavy atom. The van der Waals surface area contributed by atoms with Gasteiger partial charge in [-0.1, -0.05) is 18.2 Å². The van der Waals surface area contributed by atoms with E-state index in [1.165, 1.54) is 6.07 Å². The highest BCUT2D eigenvalue weighted by atomic mass is 32.1. The van der Waals surface area contributed by atoms with Crippen molar-refractivity contribution in [1.29, 1.82) is 0 Å². The van der Waals surface area contributed by atoms with Crippen LogP contribution < -0.4 is 11.1 Å². The maximum atomic E-state index is 13.2. The highest BCUT2D eigenvalue weighted by molar-refractivity contribution is 7.80. The van der Waals surface area contributed by atoms with Crippen molar-refractivity contribution in [2.45, 2.75) is 6.18 Å². The third-order valence-corrected chi connectivity index (χ3v) is 2.86. The van der Waals surface area contributed by atoms with Crippen molar-refractivity contribution >= 4 is 23.0 Å². The topological polar surface area (TPSA) is 38.0 Å². The summed E-state index contributed by atoms with van der Waals surface area (Å²) >= 11 is 4.68. The van der Waals surface area contributed by atoms with Crippen LogP contribution in [0.25, 0.3) is 11.1 Å². The van der Waals surface area contributed by atoms with Crippen LogP contribution in [0, 0.1) is 5.82 Å². The van der Waals surface area contributed by atoms with E-state index in [1.54, 1.807) is 24.3 Å². The minimum Gasteiger partial charge on any atom is -0.376 e. The average molecular weight is 314 g/mol. The number of rotatable bonds is 2. The van der Waals surface area contributed by atoms with Crippen LogP contribution in [0.1, 0.15) is 5.56 Å². The number of nitrogens with two attached hydrogens (primary N) is 1. The van der Waals surface area contributed by atoms with Gasteiger partial charge in [0, 0.05) is 5.69 Å². The number of thiocarbonyl (C=S) groups is 1. The van der Waals surface area contributed by atoms with Gasteiger partial charge in [0.25, 0.3) is 0 Å². The molecule has 0 aliphatic heterocycles. The number of hydrogen-bond acceptors (Lipinski definition) is 1. The van der Waals surface area contributed by atoms with Gasteiger partial charge in [0.15, 0.2) is 5.11 Å². The quantitative estimate of drug-likeness (QED) is 0.645. The lowest BCUT2D eigenvalue weighted by atomic mass is 10.0. The molecule has 2 nitrogen and oxygen atoms in total. The Morgan fingerprint density at radius 2 is 1.57 bits per heavy atom. The second-order valence-electron chi connectivity index (χ2n) is 4.26. The van der Waals surface area contributed by atoms with Crippen molar-refractivity contribution in [2.75, 3.05) is 5.32 Å². The lowest BCUT2D eigenvalue weighted by Crippen LogP contribution is -2.18. The Kier molecular flexibility index (Phi) is 4.13. The summed E-state index contributed by atoms with van der Waals surface area (Å²) in [5, 5.41) is 2.78. The molecule has 0 amide bonds. The zero-order chi connectivity index (χ0) is 15.6. The van der Waals surface area contributed by atoms with Gasteiger partial charge < -0.3 is 11.1 Å². The molecule has 0 aromatic heterocycles. The molecule has 2 aromatic rings. The number of nitrogens with one attached hydrogen (secondary N) is 1. The van der Waals surface area contributed by atoms with Crippen molar-refractivity contribution in [2.24, 2.45) is 5.73 Å². The van der Waals surface area contributed by atoms with Crippen molar-refractivity contribution < 1.29 is 17.6 Å². The summed E-state index contributed by atoms with van der Waals surface area (Å²) in [5.74, 6) is -1.29. The fraction of sp³-hybridized carbons (Fsp3) is 0.0714. The van der Waals surface area contributed by atoms with Crippen LogP contribution >= 0.6 is 12.2 Å². The van der Waals surface area contributed by atoms with Gasteiger partial charge in [-0.3, -0.25) is 0 Å². The van der Waals surface area contributed by atoms with Crippen molar-refractivity contribution in [1.82, 2.24) is 0 Å². The Hall–Kier alpha value is -2.15. The van der Waals surface area contributed by atoms with Gasteiger partial charge in [0.05, 0.1) is 5.56 Å². The molecule has 3 N–H and O–H groups in total. The van der Waals surface area contributed by atoms with Gasteiger partial charge in [-0.15, -0.1) is 0 Å². The Labute approximate surface area is 123 Å². The molecule has 0 radical (unpaired) electrons. The predicted molar refractivity (Wildman–Crippen MR) is 77.2 cm³/mol. The van der Waals surface area contributed by atoms with Gasteiger partial charge >= 0.3 is 6.18 Å². The van der Waals surface area contributed by atoms with E-state index in [4.69, 9.17) is 5.73 Å². The van der Waals surface area contributed by atoms with Crippen LogP contribution in [0.5, 0.6) is 0 Å². The smallest absolute Gasteiger partial charge is 0.376 e. The summed E-state index contributed by atoms with van der Waals surface area (Å²) < 4.78 is 51.3. The van der Waals surface area contributed by atoms with Crippen LogP contribution in [0.4, 0.5) is 23.2 Å². The normalized spacial score (nSPS) is 11.2. The largest absolute Gasteiger partial charge is 0.419 e. The Morgan fingerprint density at radius 3 is 2.10 bits per heavy atom. The third-order valence-electron chi connectivity index (χ3n) is 2.76. The van der Waals surface area contributed by atoms with Gasteiger partial charge in [-0.05, 0) is 47.6 Å². The molecular formula is C14H10F4N2S. The van der Waals surface area contributed by atoms with Crippen molar-refractivity contribution in [3.8, 4) is 11.1 Å². The lowest BCUT2D eigenvalue weighted by molar-refractivity contribution is -0.139. The molecule has 0 saturated heterocycles. The fourth-order valence-corrected chi connectivity index (χ4v) is 1.93. The molecule has 2 aromatic carbocycles. The average Bonchev–Trinajstić information content (AvgIpc) is 2.38. The standard InChI is InChI=1S/C14H10F4N2S/c15-12-6-3-9(7-11(12)14(16,17)18)8-1-4-10(5-2-8)20-13(19)21/h1-7H,(H3,19,20,21). The van der Waals surface area contributed by atoms with E-state index in [0.717, 1.165) is 12.1 Å². The molecule has 0 unspecified atom stereocenters. The minimum atomic E-state index is -4.73. The monoisotopic (exact) mass is 314 g/mol. The first kappa shape index (κ1) is 15.2. The predicted octanol–water partition coefficient (Wildman–Crippen LogP) is 4.17. The van der Waals surface area contributed by atoms with E-state index in [0.29, 0.717) is 11.3 Å². The first-order chi connectivity index (χ1) is 9.77. The Balaban J connectivity index is 2.36. The molecule has 0 bridgehead atoms. The van der Waals surface area contributed by atoms with Gasteiger partial charge in [0.1, 0.15) is 5.82 Å². The van der Waals surface area contributed by atoms with Crippen LogP contribution in [0.2, 0.25) is 0 Å². The third kappa shape index (κ3) is 3.69. The molecule has 0 heterocycles. The molecule has 0 fully saturated rings. The van der Waals surface area contributed by atoms with Gasteiger partial charge in [-0.25, -0.2) is 4.39 Å². The number of anilines is 1. The second kappa shape index (κ2) is 5.69. The highest BCUT2D eigenvalue weighted by Gasteiger charge is 2.34. The maximum absolute atomic E-state index is 13.2. The molecule has 110 valence electrons. The van der Waals surface area contributed by atoms with Gasteiger partial charge in [-0.2, -0.15) is 13.2 Å². The second-order valence-corrected chi connectivity index (χ2v) is 4.70. The summed E-state index contributed by atoms with van der Waals surface area (Å²) in [5.41, 5.74) is 5.43. The van der Waals surface area contributed by atoms with E-state index < -0.39 is 17.6 Å². The molecule has 21 heavy (non-hydrogen) atoms. The van der Waals surface area contributed by atoms with E-state index in [9.17, 15) is 17.6 Å². The molecule has 7 heteroatoms. The summed E-state index contributed by atoms with van der Waals surface area (Å²) in [7, 11) is 0. The van der Waals surface area contributed by atoms with Crippen molar-refractivity contribution in [3.05, 3.63) is 53.8 Å². The summed E-state index contributed by atoms with van der Waals surface area (Å²) in [6.45, 7) is 0. The molecule has 0 aliphatic rings. The lowest BCUT2D eigenvalue weighted by Gasteiger charge is -2.11. The zero-order valence-electron chi connectivity index (χ0n) is 10.5. The number of benzene rings is 2. The first-order valence-electron chi connectivity index (χ1n) is 5.81. The van der Waals surface area contributed by atoms with E-state index in [1.807, 2.05) is 0 Å². The van der Waals surface area contributed by atoms with Crippen LogP contribution in [-0.4, -0.2) is 5.11 Å². The van der Waals surface area contributed by atoms with E-state index >= 15 is 0 Å². The molecular weight excluding hydrogens is 304 g/mol. The molecule has 0 spiro atoms. The fourth-order valence-electron chi connectivity index (χ4n) is 1.81. The minimum absolute atomic E-state index is 0.0869. The molecule has 0 saturated carbocycles.